The first-order valence-electron chi connectivity index (χ1n) is 7.24. The van der Waals surface area contributed by atoms with Gasteiger partial charge in [-0.1, -0.05) is 30.9 Å². The Hall–Kier alpha value is -0.930. The first-order chi connectivity index (χ1) is 9.63. The lowest BCUT2D eigenvalue weighted by Crippen LogP contribution is -2.34. The van der Waals surface area contributed by atoms with Crippen LogP contribution in [0.25, 0.3) is 0 Å². The second-order valence-corrected chi connectivity index (χ2v) is 5.67. The Morgan fingerprint density at radius 3 is 2.75 bits per heavy atom. The van der Waals surface area contributed by atoms with Crippen molar-refractivity contribution in [3.05, 3.63) is 34.6 Å². The van der Waals surface area contributed by atoms with Crippen molar-refractivity contribution in [2.75, 3.05) is 6.61 Å². The molecule has 4 heteroatoms. The Bertz CT molecular complexity index is 470. The van der Waals surface area contributed by atoms with Gasteiger partial charge in [0.1, 0.15) is 11.9 Å². The van der Waals surface area contributed by atoms with Crippen LogP contribution in [0.2, 0.25) is 5.02 Å². The van der Waals surface area contributed by atoms with Gasteiger partial charge in [-0.15, -0.1) is 0 Å². The molecular weight excluding hydrogens is 279 g/mol. The second-order valence-electron chi connectivity index (χ2n) is 5.26. The summed E-state index contributed by atoms with van der Waals surface area (Å²) in [4.78, 5) is 12.6. The maximum absolute atomic E-state index is 13.3. The van der Waals surface area contributed by atoms with E-state index in [1.54, 1.807) is 0 Å². The summed E-state index contributed by atoms with van der Waals surface area (Å²) in [6, 6.07) is 3.89. The first-order valence-corrected chi connectivity index (χ1v) is 7.62. The zero-order chi connectivity index (χ0) is 14.5. The molecule has 1 aromatic carbocycles. The summed E-state index contributed by atoms with van der Waals surface area (Å²) in [7, 11) is 0. The predicted molar refractivity (Wildman–Crippen MR) is 77.7 cm³/mol. The van der Waals surface area contributed by atoms with Gasteiger partial charge in [-0.05, 0) is 43.9 Å². The standard InChI is InChI=1S/C16H20ClFO2/c1-2-20-16(11-6-4-3-5-7-11)15(19)13-10-12(18)8-9-14(13)17/h8-11,16H,2-7H2,1H3. The average molecular weight is 299 g/mol. The van der Waals surface area contributed by atoms with E-state index in [2.05, 4.69) is 0 Å². The van der Waals surface area contributed by atoms with Gasteiger partial charge < -0.3 is 4.74 Å². The molecule has 20 heavy (non-hydrogen) atoms. The van der Waals surface area contributed by atoms with Crippen LogP contribution in [0.15, 0.2) is 18.2 Å². The Labute approximate surface area is 124 Å². The number of ketones is 1. The van der Waals surface area contributed by atoms with Crippen LogP contribution in [-0.4, -0.2) is 18.5 Å². The van der Waals surface area contributed by atoms with Crippen molar-refractivity contribution in [1.82, 2.24) is 0 Å². The zero-order valence-corrected chi connectivity index (χ0v) is 12.5. The second kappa shape index (κ2) is 7.19. The van der Waals surface area contributed by atoms with Crippen molar-refractivity contribution in [3.63, 3.8) is 0 Å². The molecular formula is C16H20ClFO2. The van der Waals surface area contributed by atoms with Crippen molar-refractivity contribution in [3.8, 4) is 0 Å². The number of carbonyl (C=O) groups is 1. The Kier molecular flexibility index (Phi) is 5.55. The normalized spacial score (nSPS) is 17.9. The van der Waals surface area contributed by atoms with Crippen molar-refractivity contribution < 1.29 is 13.9 Å². The van der Waals surface area contributed by atoms with Gasteiger partial charge in [-0.25, -0.2) is 4.39 Å². The van der Waals surface area contributed by atoms with E-state index >= 15 is 0 Å². The third kappa shape index (κ3) is 3.58. The van der Waals surface area contributed by atoms with E-state index in [0.29, 0.717) is 6.61 Å². The fourth-order valence-electron chi connectivity index (χ4n) is 2.88. The number of benzene rings is 1. The number of halogens is 2. The highest BCUT2D eigenvalue weighted by molar-refractivity contribution is 6.34. The van der Waals surface area contributed by atoms with Crippen molar-refractivity contribution in [2.45, 2.75) is 45.1 Å². The van der Waals surface area contributed by atoms with Crippen LogP contribution in [0.4, 0.5) is 4.39 Å². The highest BCUT2D eigenvalue weighted by Gasteiger charge is 2.31. The molecule has 0 aliphatic heterocycles. The number of rotatable bonds is 5. The van der Waals surface area contributed by atoms with Gasteiger partial charge in [0, 0.05) is 12.2 Å². The summed E-state index contributed by atoms with van der Waals surface area (Å²) in [5, 5.41) is 0.289. The minimum atomic E-state index is -0.500. The number of carbonyl (C=O) groups excluding carboxylic acids is 1. The Morgan fingerprint density at radius 1 is 1.40 bits per heavy atom. The third-order valence-corrected chi connectivity index (χ3v) is 4.21. The maximum atomic E-state index is 13.3. The van der Waals surface area contributed by atoms with Crippen LogP contribution >= 0.6 is 11.6 Å². The van der Waals surface area contributed by atoms with E-state index in [0.717, 1.165) is 25.7 Å². The summed E-state index contributed by atoms with van der Waals surface area (Å²) < 4.78 is 19.0. The molecule has 2 rings (SSSR count). The lowest BCUT2D eigenvalue weighted by Gasteiger charge is -2.29. The molecule has 0 bridgehead atoms. The van der Waals surface area contributed by atoms with Crippen LogP contribution in [0.5, 0.6) is 0 Å². The predicted octanol–water partition coefficient (Wildman–Crippen LogP) is 4.65. The molecule has 0 N–H and O–H groups in total. The van der Waals surface area contributed by atoms with Gasteiger partial charge in [0.15, 0.2) is 5.78 Å². The number of hydrogen-bond acceptors (Lipinski definition) is 2. The largest absolute Gasteiger partial charge is 0.370 e. The van der Waals surface area contributed by atoms with Crippen molar-refractivity contribution >= 4 is 17.4 Å². The molecule has 0 radical (unpaired) electrons. The topological polar surface area (TPSA) is 26.3 Å². The molecule has 1 unspecified atom stereocenters. The third-order valence-electron chi connectivity index (χ3n) is 3.88. The van der Waals surface area contributed by atoms with Crippen LogP contribution in [-0.2, 0) is 4.74 Å². The molecule has 1 aliphatic rings. The van der Waals surface area contributed by atoms with Crippen LogP contribution in [0, 0.1) is 11.7 Å². The Morgan fingerprint density at radius 2 is 2.10 bits per heavy atom. The summed E-state index contributed by atoms with van der Waals surface area (Å²) in [6.45, 7) is 2.34. The van der Waals surface area contributed by atoms with E-state index in [1.807, 2.05) is 6.92 Å². The van der Waals surface area contributed by atoms with Gasteiger partial charge in [0.25, 0.3) is 0 Å². The van der Waals surface area contributed by atoms with Gasteiger partial charge >= 0.3 is 0 Å². The quantitative estimate of drug-likeness (QED) is 0.740. The summed E-state index contributed by atoms with van der Waals surface area (Å²) in [6.07, 6.45) is 4.94. The molecule has 0 spiro atoms. The molecule has 1 saturated carbocycles. The van der Waals surface area contributed by atoms with E-state index in [-0.39, 0.29) is 22.3 Å². The highest BCUT2D eigenvalue weighted by Crippen LogP contribution is 2.31. The lowest BCUT2D eigenvalue weighted by atomic mass is 9.82. The molecule has 1 fully saturated rings. The molecule has 0 amide bonds. The average Bonchev–Trinajstić information content (AvgIpc) is 2.47. The van der Waals surface area contributed by atoms with Gasteiger partial charge in [-0.3, -0.25) is 4.79 Å². The highest BCUT2D eigenvalue weighted by atomic mass is 35.5. The van der Waals surface area contributed by atoms with Crippen LogP contribution in [0.3, 0.4) is 0 Å². The van der Waals surface area contributed by atoms with E-state index in [1.165, 1.54) is 24.6 Å². The number of ether oxygens (including phenoxy) is 1. The minimum Gasteiger partial charge on any atom is -0.370 e. The molecule has 1 aromatic rings. The van der Waals surface area contributed by atoms with Gasteiger partial charge in [0.05, 0.1) is 5.02 Å². The van der Waals surface area contributed by atoms with Crippen LogP contribution < -0.4 is 0 Å². The molecule has 0 heterocycles. The molecule has 110 valence electrons. The monoisotopic (exact) mass is 298 g/mol. The van der Waals surface area contributed by atoms with E-state index < -0.39 is 11.9 Å². The van der Waals surface area contributed by atoms with Crippen molar-refractivity contribution in [2.24, 2.45) is 5.92 Å². The van der Waals surface area contributed by atoms with Gasteiger partial charge in [-0.2, -0.15) is 0 Å². The number of hydrogen-bond donors (Lipinski definition) is 0. The molecule has 2 nitrogen and oxygen atoms in total. The summed E-state index contributed by atoms with van der Waals surface area (Å²) >= 11 is 6.03. The maximum Gasteiger partial charge on any atom is 0.193 e. The fourth-order valence-corrected chi connectivity index (χ4v) is 3.09. The molecule has 0 saturated heterocycles. The zero-order valence-electron chi connectivity index (χ0n) is 11.7. The van der Waals surface area contributed by atoms with Gasteiger partial charge in [0.2, 0.25) is 0 Å². The summed E-state index contributed by atoms with van der Waals surface area (Å²) in [5.41, 5.74) is 0.232. The minimum absolute atomic E-state index is 0.191. The summed E-state index contributed by atoms with van der Waals surface area (Å²) in [5.74, 6) is -0.421. The lowest BCUT2D eigenvalue weighted by molar-refractivity contribution is 0.0126. The molecule has 1 atom stereocenters. The molecule has 0 aromatic heterocycles. The smallest absolute Gasteiger partial charge is 0.193 e. The number of Topliss-reactive ketones (excluding diaryl/α,β-unsaturated/α-hetero) is 1. The SMILES string of the molecule is CCOC(C(=O)c1cc(F)ccc1Cl)C1CCCCC1. The first kappa shape index (κ1) is 15.5. The Balaban J connectivity index is 2.23. The van der Waals surface area contributed by atoms with E-state index in [4.69, 9.17) is 16.3 Å². The van der Waals surface area contributed by atoms with Crippen LogP contribution in [0.1, 0.15) is 49.4 Å². The fraction of sp³-hybridized carbons (Fsp3) is 0.562. The molecule has 1 aliphatic carbocycles. The van der Waals surface area contributed by atoms with E-state index in [9.17, 15) is 9.18 Å². The van der Waals surface area contributed by atoms with Crippen molar-refractivity contribution in [1.29, 1.82) is 0 Å².